The molecule has 2 aliphatic heterocycles. The Morgan fingerprint density at radius 2 is 1.67 bits per heavy atom. The zero-order chi connectivity index (χ0) is 18.2. The lowest BCUT2D eigenvalue weighted by molar-refractivity contribution is -0.126. The molecule has 5 rings (SSSR count). The van der Waals surface area contributed by atoms with Crippen LogP contribution < -0.4 is 21.5 Å². The molecule has 8 atom stereocenters. The average Bonchev–Trinajstić information content (AvgIpc) is 3.34. The van der Waals surface area contributed by atoms with Crippen LogP contribution >= 0.6 is 11.8 Å². The molecule has 5 aliphatic rings. The molecule has 2 saturated heterocycles. The number of hydrazine groups is 1. The SMILES string of the molecule is O=C(NC1NNC(C2CCC3CCCCC3C2)O1)C1NC2CCCCC2S1. The van der Waals surface area contributed by atoms with Gasteiger partial charge in [-0.15, -0.1) is 11.8 Å². The van der Waals surface area contributed by atoms with E-state index in [1.54, 1.807) is 11.8 Å². The summed E-state index contributed by atoms with van der Waals surface area (Å²) in [6.07, 6.45) is 14.1. The van der Waals surface area contributed by atoms with Crippen molar-refractivity contribution in [2.45, 2.75) is 99.9 Å². The predicted molar refractivity (Wildman–Crippen MR) is 106 cm³/mol. The van der Waals surface area contributed by atoms with Crippen LogP contribution in [0.3, 0.4) is 0 Å². The fourth-order valence-corrected chi connectivity index (χ4v) is 7.56. The van der Waals surface area contributed by atoms with Gasteiger partial charge in [-0.05, 0) is 43.9 Å². The van der Waals surface area contributed by atoms with Crippen molar-refractivity contribution in [1.82, 2.24) is 21.5 Å². The van der Waals surface area contributed by atoms with Crippen molar-refractivity contribution in [3.8, 4) is 0 Å². The first kappa shape index (κ1) is 18.7. The van der Waals surface area contributed by atoms with E-state index in [0.29, 0.717) is 17.2 Å². The fraction of sp³-hybridized carbons (Fsp3) is 0.950. The number of hydrogen-bond donors (Lipinski definition) is 4. The van der Waals surface area contributed by atoms with Gasteiger partial charge in [0, 0.05) is 17.2 Å². The smallest absolute Gasteiger partial charge is 0.250 e. The lowest BCUT2D eigenvalue weighted by atomic mass is 9.67. The number of hydrogen-bond acceptors (Lipinski definition) is 6. The van der Waals surface area contributed by atoms with E-state index in [1.807, 2.05) is 0 Å². The van der Waals surface area contributed by atoms with E-state index in [2.05, 4.69) is 21.5 Å². The van der Waals surface area contributed by atoms with Gasteiger partial charge in [0.1, 0.15) is 11.6 Å². The quantitative estimate of drug-likeness (QED) is 0.589. The standard InChI is InChI=1S/C20H34N4O2S/c25-17(19-21-15-7-3-4-8-16(15)27-19)22-20-24-23-18(26-20)14-10-9-12-5-1-2-6-13(12)11-14/h12-16,18-21,23-24H,1-11H2,(H,22,25). The Bertz CT molecular complexity index is 536. The van der Waals surface area contributed by atoms with Crippen molar-refractivity contribution in [2.75, 3.05) is 0 Å². The number of rotatable bonds is 3. The van der Waals surface area contributed by atoms with Gasteiger partial charge in [-0.1, -0.05) is 38.5 Å². The molecule has 3 saturated carbocycles. The molecule has 3 aliphatic carbocycles. The van der Waals surface area contributed by atoms with E-state index >= 15 is 0 Å². The molecule has 152 valence electrons. The first-order chi connectivity index (χ1) is 13.3. The van der Waals surface area contributed by atoms with Gasteiger partial charge in [-0.2, -0.15) is 0 Å². The molecule has 0 radical (unpaired) electrons. The van der Waals surface area contributed by atoms with Crippen LogP contribution in [0.1, 0.15) is 70.6 Å². The molecule has 0 aromatic carbocycles. The molecule has 0 bridgehead atoms. The van der Waals surface area contributed by atoms with Gasteiger partial charge < -0.3 is 10.1 Å². The second-order valence-electron chi connectivity index (χ2n) is 9.22. The highest BCUT2D eigenvalue weighted by atomic mass is 32.2. The van der Waals surface area contributed by atoms with Crippen LogP contribution in [-0.2, 0) is 9.53 Å². The maximum atomic E-state index is 12.7. The summed E-state index contributed by atoms with van der Waals surface area (Å²) in [6.45, 7) is 0. The molecular formula is C20H34N4O2S. The molecular weight excluding hydrogens is 360 g/mol. The van der Waals surface area contributed by atoms with E-state index in [-0.39, 0.29) is 17.5 Å². The summed E-state index contributed by atoms with van der Waals surface area (Å²) >= 11 is 1.80. The van der Waals surface area contributed by atoms with Crippen LogP contribution in [0.5, 0.6) is 0 Å². The highest BCUT2D eigenvalue weighted by molar-refractivity contribution is 8.01. The van der Waals surface area contributed by atoms with Crippen molar-refractivity contribution < 1.29 is 9.53 Å². The maximum absolute atomic E-state index is 12.7. The van der Waals surface area contributed by atoms with Crippen LogP contribution in [-0.4, -0.2) is 35.2 Å². The number of carbonyl (C=O) groups is 1. The van der Waals surface area contributed by atoms with Crippen molar-refractivity contribution in [2.24, 2.45) is 17.8 Å². The number of ether oxygens (including phenoxy) is 1. The summed E-state index contributed by atoms with van der Waals surface area (Å²) in [7, 11) is 0. The molecule has 0 aromatic rings. The Hall–Kier alpha value is -0.340. The van der Waals surface area contributed by atoms with Gasteiger partial charge in [-0.3, -0.25) is 10.1 Å². The third-order valence-corrected chi connectivity index (χ3v) is 9.07. The average molecular weight is 395 g/mol. The van der Waals surface area contributed by atoms with Crippen molar-refractivity contribution in [3.63, 3.8) is 0 Å². The normalized spacial score (nSPS) is 47.3. The summed E-state index contributed by atoms with van der Waals surface area (Å²) in [4.78, 5) is 12.7. The third kappa shape index (κ3) is 4.04. The second kappa shape index (κ2) is 8.19. The first-order valence-electron chi connectivity index (χ1n) is 11.1. The van der Waals surface area contributed by atoms with Gasteiger partial charge in [-0.25, -0.2) is 10.9 Å². The highest BCUT2D eigenvalue weighted by Gasteiger charge is 2.42. The Labute approximate surface area is 166 Å². The highest BCUT2D eigenvalue weighted by Crippen LogP contribution is 2.44. The van der Waals surface area contributed by atoms with E-state index in [4.69, 9.17) is 4.74 Å². The Morgan fingerprint density at radius 1 is 0.889 bits per heavy atom. The molecule has 0 aromatic heterocycles. The monoisotopic (exact) mass is 394 g/mol. The summed E-state index contributed by atoms with van der Waals surface area (Å²) in [5.41, 5.74) is 6.46. The molecule has 4 N–H and O–H groups in total. The number of thioether (sulfide) groups is 1. The molecule has 5 fully saturated rings. The van der Waals surface area contributed by atoms with Crippen LogP contribution in [0.4, 0.5) is 0 Å². The predicted octanol–water partition coefficient (Wildman–Crippen LogP) is 2.42. The van der Waals surface area contributed by atoms with Gasteiger partial charge in [0.2, 0.25) is 6.35 Å². The van der Waals surface area contributed by atoms with Crippen LogP contribution in [0, 0.1) is 17.8 Å². The molecule has 1 amide bonds. The lowest BCUT2D eigenvalue weighted by Crippen LogP contribution is -2.50. The fourth-order valence-electron chi connectivity index (χ4n) is 6.06. The second-order valence-corrected chi connectivity index (χ2v) is 10.6. The van der Waals surface area contributed by atoms with Crippen LogP contribution in [0.15, 0.2) is 0 Å². The van der Waals surface area contributed by atoms with Crippen molar-refractivity contribution in [3.05, 3.63) is 0 Å². The number of nitrogens with one attached hydrogen (secondary N) is 4. The van der Waals surface area contributed by atoms with Gasteiger partial charge in [0.15, 0.2) is 0 Å². The van der Waals surface area contributed by atoms with E-state index in [0.717, 1.165) is 11.8 Å². The van der Waals surface area contributed by atoms with E-state index in [1.165, 1.54) is 70.6 Å². The summed E-state index contributed by atoms with van der Waals surface area (Å²) in [5.74, 6) is 2.44. The zero-order valence-electron chi connectivity index (χ0n) is 16.1. The molecule has 7 heteroatoms. The summed E-state index contributed by atoms with van der Waals surface area (Å²) in [6, 6.07) is 0.508. The Morgan fingerprint density at radius 3 is 2.56 bits per heavy atom. The topological polar surface area (TPSA) is 74.4 Å². The molecule has 2 heterocycles. The minimum atomic E-state index is -0.420. The first-order valence-corrected chi connectivity index (χ1v) is 12.1. The largest absolute Gasteiger partial charge is 0.324 e. The van der Waals surface area contributed by atoms with Gasteiger partial charge >= 0.3 is 0 Å². The number of fused-ring (bicyclic) bond motifs is 2. The van der Waals surface area contributed by atoms with Crippen molar-refractivity contribution in [1.29, 1.82) is 0 Å². The van der Waals surface area contributed by atoms with E-state index in [9.17, 15) is 4.79 Å². The van der Waals surface area contributed by atoms with Crippen molar-refractivity contribution >= 4 is 17.7 Å². The van der Waals surface area contributed by atoms with E-state index < -0.39 is 6.35 Å². The number of amides is 1. The third-order valence-electron chi connectivity index (χ3n) is 7.54. The molecule has 27 heavy (non-hydrogen) atoms. The van der Waals surface area contributed by atoms with Gasteiger partial charge in [0.05, 0.1) is 0 Å². The summed E-state index contributed by atoms with van der Waals surface area (Å²) < 4.78 is 6.14. The minimum Gasteiger partial charge on any atom is -0.324 e. The van der Waals surface area contributed by atoms with Gasteiger partial charge in [0.25, 0.3) is 5.91 Å². The minimum absolute atomic E-state index is 0.0185. The lowest BCUT2D eigenvalue weighted by Gasteiger charge is -2.40. The zero-order valence-corrected chi connectivity index (χ0v) is 16.9. The Kier molecular flexibility index (Phi) is 5.66. The molecule has 8 unspecified atom stereocenters. The Balaban J connectivity index is 1.10. The number of carbonyl (C=O) groups excluding carboxylic acids is 1. The van der Waals surface area contributed by atoms with Crippen LogP contribution in [0.2, 0.25) is 0 Å². The molecule has 0 spiro atoms. The molecule has 6 nitrogen and oxygen atoms in total. The summed E-state index contributed by atoms with van der Waals surface area (Å²) in [5, 5.41) is 7.02. The maximum Gasteiger partial charge on any atom is 0.250 e. The van der Waals surface area contributed by atoms with Crippen LogP contribution in [0.25, 0.3) is 0 Å².